The lowest BCUT2D eigenvalue weighted by atomic mass is 10.1. The van der Waals surface area contributed by atoms with E-state index in [1.807, 2.05) is 0 Å². The Kier molecular flexibility index (Phi) is 3.23. The molecular formula is C11H17F2N3. The quantitative estimate of drug-likeness (QED) is 0.860. The SMILES string of the molecule is CC(F)(F)c1cnn(CC2CCCCN2)c1. The van der Waals surface area contributed by atoms with Gasteiger partial charge in [0.1, 0.15) is 0 Å². The van der Waals surface area contributed by atoms with Crippen LogP contribution in [0.1, 0.15) is 31.7 Å². The molecule has 0 aliphatic carbocycles. The van der Waals surface area contributed by atoms with Crippen LogP contribution in [0.5, 0.6) is 0 Å². The third-order valence-corrected chi connectivity index (χ3v) is 2.96. The van der Waals surface area contributed by atoms with E-state index in [1.54, 1.807) is 4.68 Å². The first-order chi connectivity index (χ1) is 7.55. The number of nitrogens with one attached hydrogen (secondary N) is 1. The van der Waals surface area contributed by atoms with Gasteiger partial charge in [-0.2, -0.15) is 5.10 Å². The minimum absolute atomic E-state index is 0.0108. The van der Waals surface area contributed by atoms with Crippen LogP contribution in [-0.4, -0.2) is 22.4 Å². The number of piperidine rings is 1. The van der Waals surface area contributed by atoms with Gasteiger partial charge in [0.2, 0.25) is 0 Å². The van der Waals surface area contributed by atoms with Crippen LogP contribution in [0.2, 0.25) is 0 Å². The molecule has 1 aromatic rings. The van der Waals surface area contributed by atoms with Gasteiger partial charge in [-0.05, 0) is 19.4 Å². The van der Waals surface area contributed by atoms with Gasteiger partial charge in [0.15, 0.2) is 0 Å². The Bertz CT molecular complexity index is 337. The summed E-state index contributed by atoms with van der Waals surface area (Å²) in [6.45, 7) is 2.59. The number of alkyl halides is 2. The van der Waals surface area contributed by atoms with Crippen molar-refractivity contribution in [3.05, 3.63) is 18.0 Å². The Hall–Kier alpha value is -0.970. The molecule has 90 valence electrons. The Morgan fingerprint density at radius 3 is 2.94 bits per heavy atom. The first kappa shape index (κ1) is 11.5. The van der Waals surface area contributed by atoms with Gasteiger partial charge in [0.05, 0.1) is 18.3 Å². The largest absolute Gasteiger partial charge is 0.312 e. The highest BCUT2D eigenvalue weighted by atomic mass is 19.3. The topological polar surface area (TPSA) is 29.9 Å². The molecule has 0 bridgehead atoms. The van der Waals surface area contributed by atoms with Gasteiger partial charge in [-0.3, -0.25) is 4.68 Å². The first-order valence-corrected chi connectivity index (χ1v) is 5.70. The molecule has 0 aromatic carbocycles. The van der Waals surface area contributed by atoms with Gasteiger partial charge in [-0.25, -0.2) is 8.78 Å². The zero-order valence-electron chi connectivity index (χ0n) is 9.42. The molecule has 1 aliphatic rings. The van der Waals surface area contributed by atoms with Gasteiger partial charge in [0.25, 0.3) is 5.92 Å². The molecule has 2 heterocycles. The van der Waals surface area contributed by atoms with E-state index in [9.17, 15) is 8.78 Å². The summed E-state index contributed by atoms with van der Waals surface area (Å²) in [5.74, 6) is -2.79. The number of rotatable bonds is 3. The van der Waals surface area contributed by atoms with E-state index in [2.05, 4.69) is 10.4 Å². The second-order valence-corrected chi connectivity index (χ2v) is 4.49. The Balaban J connectivity index is 1.97. The maximum absolute atomic E-state index is 13.0. The lowest BCUT2D eigenvalue weighted by molar-refractivity contribution is 0.0173. The van der Waals surface area contributed by atoms with E-state index in [1.165, 1.54) is 25.2 Å². The zero-order chi connectivity index (χ0) is 11.6. The average molecular weight is 229 g/mol. The van der Waals surface area contributed by atoms with E-state index in [4.69, 9.17) is 0 Å². The van der Waals surface area contributed by atoms with Crippen LogP contribution in [0, 0.1) is 0 Å². The Morgan fingerprint density at radius 2 is 2.38 bits per heavy atom. The monoisotopic (exact) mass is 229 g/mol. The molecule has 16 heavy (non-hydrogen) atoms. The van der Waals surface area contributed by atoms with Crippen molar-refractivity contribution in [1.82, 2.24) is 15.1 Å². The Morgan fingerprint density at radius 1 is 1.56 bits per heavy atom. The number of halogens is 2. The molecule has 2 rings (SSSR count). The minimum atomic E-state index is -2.79. The predicted octanol–water partition coefficient (Wildman–Crippen LogP) is 2.14. The smallest absolute Gasteiger partial charge is 0.273 e. The summed E-state index contributed by atoms with van der Waals surface area (Å²) in [6.07, 6.45) is 6.19. The van der Waals surface area contributed by atoms with Gasteiger partial charge >= 0.3 is 0 Å². The first-order valence-electron chi connectivity index (χ1n) is 5.70. The Labute approximate surface area is 93.8 Å². The van der Waals surface area contributed by atoms with Crippen molar-refractivity contribution in [2.24, 2.45) is 0 Å². The molecule has 0 saturated carbocycles. The second-order valence-electron chi connectivity index (χ2n) is 4.49. The maximum atomic E-state index is 13.0. The van der Waals surface area contributed by atoms with Crippen LogP contribution in [-0.2, 0) is 12.5 Å². The number of aromatic nitrogens is 2. The van der Waals surface area contributed by atoms with Crippen LogP contribution in [0.4, 0.5) is 8.78 Å². The summed E-state index contributed by atoms with van der Waals surface area (Å²) in [4.78, 5) is 0. The van der Waals surface area contributed by atoms with Crippen LogP contribution in [0.25, 0.3) is 0 Å². The van der Waals surface area contributed by atoms with E-state index in [0.29, 0.717) is 12.6 Å². The number of nitrogens with zero attached hydrogens (tertiary/aromatic N) is 2. The third-order valence-electron chi connectivity index (χ3n) is 2.96. The molecule has 0 amide bonds. The fourth-order valence-corrected chi connectivity index (χ4v) is 2.00. The lowest BCUT2D eigenvalue weighted by Crippen LogP contribution is -2.37. The standard InChI is InChI=1S/C11H17F2N3/c1-11(12,13)9-6-15-16(7-9)8-10-4-2-3-5-14-10/h6-7,10,14H,2-5,8H2,1H3. The van der Waals surface area contributed by atoms with E-state index in [-0.39, 0.29) is 5.56 Å². The maximum Gasteiger partial charge on any atom is 0.273 e. The molecule has 0 radical (unpaired) electrons. The summed E-state index contributed by atoms with van der Waals surface area (Å²) in [5, 5.41) is 7.34. The molecule has 1 aliphatic heterocycles. The van der Waals surface area contributed by atoms with Crippen molar-refractivity contribution in [3.63, 3.8) is 0 Å². The second kappa shape index (κ2) is 4.49. The van der Waals surface area contributed by atoms with Crippen molar-refractivity contribution in [2.75, 3.05) is 6.54 Å². The number of hydrogen-bond acceptors (Lipinski definition) is 2. The van der Waals surface area contributed by atoms with E-state index in [0.717, 1.165) is 19.9 Å². The van der Waals surface area contributed by atoms with Gasteiger partial charge < -0.3 is 5.32 Å². The lowest BCUT2D eigenvalue weighted by Gasteiger charge is -2.23. The van der Waals surface area contributed by atoms with E-state index >= 15 is 0 Å². The van der Waals surface area contributed by atoms with Crippen molar-refractivity contribution in [2.45, 2.75) is 44.7 Å². The molecule has 3 nitrogen and oxygen atoms in total. The zero-order valence-corrected chi connectivity index (χ0v) is 9.42. The van der Waals surface area contributed by atoms with Crippen LogP contribution < -0.4 is 5.32 Å². The normalized spacial score (nSPS) is 22.3. The van der Waals surface area contributed by atoms with Crippen molar-refractivity contribution >= 4 is 0 Å². The highest BCUT2D eigenvalue weighted by molar-refractivity contribution is 5.10. The van der Waals surface area contributed by atoms with Crippen LogP contribution in [0.3, 0.4) is 0 Å². The van der Waals surface area contributed by atoms with Gasteiger partial charge in [-0.1, -0.05) is 6.42 Å². The molecule has 1 atom stereocenters. The summed E-state index contributed by atoms with van der Waals surface area (Å²) in [6, 6.07) is 0.368. The minimum Gasteiger partial charge on any atom is -0.312 e. The molecule has 5 heteroatoms. The van der Waals surface area contributed by atoms with E-state index < -0.39 is 5.92 Å². The summed E-state index contributed by atoms with van der Waals surface area (Å²) in [5.41, 5.74) is -0.0108. The molecule has 1 saturated heterocycles. The predicted molar refractivity (Wildman–Crippen MR) is 57.4 cm³/mol. The van der Waals surface area contributed by atoms with Crippen molar-refractivity contribution in [3.8, 4) is 0 Å². The highest BCUT2D eigenvalue weighted by Crippen LogP contribution is 2.26. The summed E-state index contributed by atoms with van der Waals surface area (Å²) >= 11 is 0. The average Bonchev–Trinajstić information content (AvgIpc) is 2.67. The van der Waals surface area contributed by atoms with Gasteiger partial charge in [0, 0.05) is 19.2 Å². The van der Waals surface area contributed by atoms with Crippen molar-refractivity contribution < 1.29 is 8.78 Å². The fraction of sp³-hybridized carbons (Fsp3) is 0.727. The molecule has 1 aromatic heterocycles. The molecule has 0 spiro atoms. The summed E-state index contributed by atoms with van der Waals surface area (Å²) in [7, 11) is 0. The van der Waals surface area contributed by atoms with Crippen molar-refractivity contribution in [1.29, 1.82) is 0 Å². The molecule has 1 fully saturated rings. The summed E-state index contributed by atoms with van der Waals surface area (Å²) < 4.78 is 27.6. The van der Waals surface area contributed by atoms with Crippen LogP contribution in [0.15, 0.2) is 12.4 Å². The third kappa shape index (κ3) is 2.78. The fourth-order valence-electron chi connectivity index (χ4n) is 2.00. The molecular weight excluding hydrogens is 212 g/mol. The molecule has 1 unspecified atom stereocenters. The molecule has 1 N–H and O–H groups in total. The van der Waals surface area contributed by atoms with Crippen LogP contribution >= 0.6 is 0 Å². The number of hydrogen-bond donors (Lipinski definition) is 1. The van der Waals surface area contributed by atoms with Gasteiger partial charge in [-0.15, -0.1) is 0 Å². The highest BCUT2D eigenvalue weighted by Gasteiger charge is 2.26.